The molecule has 3 aromatic rings. The van der Waals surface area contributed by atoms with Crippen molar-refractivity contribution < 1.29 is 14.3 Å². The fourth-order valence-electron chi connectivity index (χ4n) is 6.05. The predicted molar refractivity (Wildman–Crippen MR) is 162 cm³/mol. The lowest BCUT2D eigenvalue weighted by Gasteiger charge is -2.28. The third kappa shape index (κ3) is 8.10. The van der Waals surface area contributed by atoms with E-state index in [1.807, 2.05) is 30.5 Å². The number of aromatic nitrogens is 4. The van der Waals surface area contributed by atoms with Crippen LogP contribution < -0.4 is 10.5 Å². The molecular weight excluding hydrogens is 528 g/mol. The van der Waals surface area contributed by atoms with E-state index in [9.17, 15) is 9.59 Å². The summed E-state index contributed by atoms with van der Waals surface area (Å²) in [5, 5.41) is 4.31. The number of hydrogen-bond donors (Lipinski definition) is 1. The van der Waals surface area contributed by atoms with Crippen LogP contribution in [0.5, 0.6) is 6.01 Å². The quantitative estimate of drug-likeness (QED) is 0.348. The number of Topliss-reactive ketones (excluding diaryl/α,β-unsaturated/α-hetero) is 1. The highest BCUT2D eigenvalue weighted by Crippen LogP contribution is 2.41. The zero-order valence-electron chi connectivity index (χ0n) is 24.8. The first-order valence-corrected chi connectivity index (χ1v) is 15.4. The number of ether oxygens (including phenoxy) is 1. The number of benzene rings is 1. The van der Waals surface area contributed by atoms with Gasteiger partial charge in [0.15, 0.2) is 11.4 Å². The zero-order chi connectivity index (χ0) is 29.5. The van der Waals surface area contributed by atoms with E-state index in [2.05, 4.69) is 33.6 Å². The molecule has 1 aromatic carbocycles. The van der Waals surface area contributed by atoms with Crippen LogP contribution in [0.3, 0.4) is 0 Å². The van der Waals surface area contributed by atoms with E-state index in [1.54, 1.807) is 10.8 Å². The van der Waals surface area contributed by atoms with Crippen LogP contribution in [0.4, 0.5) is 0 Å². The molecule has 3 fully saturated rings. The molecule has 0 bridgehead atoms. The number of hydrogen-bond acceptors (Lipinski definition) is 8. The summed E-state index contributed by atoms with van der Waals surface area (Å²) in [5.74, 6) is 1.65. The van der Waals surface area contributed by atoms with E-state index in [1.165, 1.54) is 24.5 Å². The van der Waals surface area contributed by atoms with Crippen molar-refractivity contribution in [3.63, 3.8) is 0 Å². The Hall–Kier alpha value is -3.43. The van der Waals surface area contributed by atoms with E-state index >= 15 is 0 Å². The lowest BCUT2D eigenvalue weighted by Crippen LogP contribution is -2.36. The largest absolute Gasteiger partial charge is 0.460 e. The van der Waals surface area contributed by atoms with Crippen molar-refractivity contribution in [1.82, 2.24) is 24.5 Å². The van der Waals surface area contributed by atoms with E-state index in [0.29, 0.717) is 43.0 Å². The second-order valence-electron chi connectivity index (χ2n) is 12.2. The van der Waals surface area contributed by atoms with Crippen LogP contribution in [-0.4, -0.2) is 62.3 Å². The number of piperidine rings is 1. The van der Waals surface area contributed by atoms with E-state index in [4.69, 9.17) is 10.5 Å². The first-order chi connectivity index (χ1) is 20.4. The van der Waals surface area contributed by atoms with Crippen molar-refractivity contribution in [3.05, 3.63) is 66.1 Å². The van der Waals surface area contributed by atoms with Gasteiger partial charge in [0.2, 0.25) is 0 Å². The lowest BCUT2D eigenvalue weighted by atomic mass is 9.77. The smallest absolute Gasteiger partial charge is 0.320 e. The summed E-state index contributed by atoms with van der Waals surface area (Å²) in [5.41, 5.74) is 9.90. The average Bonchev–Trinajstić information content (AvgIpc) is 3.77. The molecule has 224 valence electrons. The van der Waals surface area contributed by atoms with Crippen molar-refractivity contribution in [3.8, 4) is 6.01 Å². The van der Waals surface area contributed by atoms with Crippen molar-refractivity contribution in [2.75, 3.05) is 20.1 Å². The number of nitrogens with zero attached hydrogens (tertiary/aromatic N) is 5. The Balaban J connectivity index is 0.000000168. The first-order valence-electron chi connectivity index (χ1n) is 15.4. The molecule has 0 amide bonds. The Bertz CT molecular complexity index is 1370. The van der Waals surface area contributed by atoms with Gasteiger partial charge in [-0.05, 0) is 87.5 Å². The molecule has 0 unspecified atom stereocenters. The maximum absolute atomic E-state index is 12.4. The number of fused-ring (bicyclic) bond motifs is 1. The molecule has 2 saturated carbocycles. The van der Waals surface area contributed by atoms with Gasteiger partial charge in [-0.1, -0.05) is 30.8 Å². The number of likely N-dealkylation sites (tertiary alicyclic amines) is 1. The summed E-state index contributed by atoms with van der Waals surface area (Å²) < 4.78 is 7.69. The van der Waals surface area contributed by atoms with E-state index in [0.717, 1.165) is 68.4 Å². The van der Waals surface area contributed by atoms with Gasteiger partial charge in [0.05, 0.1) is 6.20 Å². The molecular formula is C33H44N6O3. The van der Waals surface area contributed by atoms with Crippen LogP contribution in [0.1, 0.15) is 80.4 Å². The van der Waals surface area contributed by atoms with E-state index < -0.39 is 0 Å². The molecule has 0 atom stereocenters. The molecule has 2 N–H and O–H groups in total. The molecule has 9 heteroatoms. The molecule has 2 aliphatic carbocycles. The topological polar surface area (TPSA) is 116 Å². The number of nitrogens with two attached hydrogens (primary N) is 1. The van der Waals surface area contributed by atoms with Crippen molar-refractivity contribution in [1.29, 1.82) is 0 Å². The second kappa shape index (κ2) is 14.2. The number of allylic oxidation sites excluding steroid dienone is 1. The normalized spacial score (nSPS) is 21.4. The summed E-state index contributed by atoms with van der Waals surface area (Å²) >= 11 is 0. The molecule has 2 aromatic heterocycles. The van der Waals surface area contributed by atoms with Crippen LogP contribution in [-0.2, 0) is 22.6 Å². The highest BCUT2D eigenvalue weighted by molar-refractivity contribution is 5.89. The third-order valence-corrected chi connectivity index (χ3v) is 8.86. The molecule has 0 radical (unpaired) electrons. The van der Waals surface area contributed by atoms with Gasteiger partial charge in [-0.15, -0.1) is 0 Å². The third-order valence-electron chi connectivity index (χ3n) is 8.86. The maximum Gasteiger partial charge on any atom is 0.320 e. The monoisotopic (exact) mass is 572 g/mol. The summed E-state index contributed by atoms with van der Waals surface area (Å²) in [6.45, 7) is 6.17. The zero-order valence-corrected chi connectivity index (χ0v) is 24.8. The molecule has 1 aliphatic heterocycles. The first kappa shape index (κ1) is 30.0. The van der Waals surface area contributed by atoms with Crippen molar-refractivity contribution in [2.45, 2.75) is 82.8 Å². The van der Waals surface area contributed by atoms with Crippen LogP contribution in [0.25, 0.3) is 5.65 Å². The van der Waals surface area contributed by atoms with Crippen molar-refractivity contribution in [2.24, 2.45) is 17.6 Å². The standard InChI is InChI=1S/C19H25NO2.C14H19N5O/c1-2-18(21)11-14-6-8-17(9-7-14)19(22)12-15-4-3-5-16(10-15)13-20;1-18-6-4-11(5-7-18)20-14-15-9-19-13(17-14)12(8-16-19)10-2-3-10/h2-5,10,14,17H,1,6-9,11-13,20H2;8-11H,2-7H2,1H3. The van der Waals surface area contributed by atoms with Gasteiger partial charge in [0.1, 0.15) is 18.2 Å². The van der Waals surface area contributed by atoms with Gasteiger partial charge in [-0.2, -0.15) is 15.1 Å². The van der Waals surface area contributed by atoms with Gasteiger partial charge in [0.25, 0.3) is 0 Å². The lowest BCUT2D eigenvalue weighted by molar-refractivity contribution is -0.123. The van der Waals surface area contributed by atoms with Gasteiger partial charge < -0.3 is 15.4 Å². The highest BCUT2D eigenvalue weighted by Gasteiger charge is 2.29. The summed E-state index contributed by atoms with van der Waals surface area (Å²) in [6, 6.07) is 8.45. The molecule has 3 heterocycles. The molecule has 6 rings (SSSR count). The Labute approximate surface area is 248 Å². The minimum atomic E-state index is 0.119. The molecule has 42 heavy (non-hydrogen) atoms. The van der Waals surface area contributed by atoms with Crippen LogP contribution in [0, 0.1) is 11.8 Å². The number of carbonyl (C=O) groups is 2. The maximum atomic E-state index is 12.4. The fourth-order valence-corrected chi connectivity index (χ4v) is 6.05. The Kier molecular flexibility index (Phi) is 10.1. The van der Waals surface area contributed by atoms with Crippen LogP contribution >= 0.6 is 0 Å². The van der Waals surface area contributed by atoms with Gasteiger partial charge in [0, 0.05) is 44.0 Å². The summed E-state index contributed by atoms with van der Waals surface area (Å²) in [7, 11) is 2.15. The summed E-state index contributed by atoms with van der Waals surface area (Å²) in [4.78, 5) is 35.0. The minimum absolute atomic E-state index is 0.119. The Morgan fingerprint density at radius 2 is 1.81 bits per heavy atom. The highest BCUT2D eigenvalue weighted by atomic mass is 16.5. The number of rotatable bonds is 10. The summed E-state index contributed by atoms with van der Waals surface area (Å²) in [6.07, 6.45) is 14.7. The second-order valence-corrected chi connectivity index (χ2v) is 12.2. The van der Waals surface area contributed by atoms with Gasteiger partial charge in [-0.25, -0.2) is 4.52 Å². The van der Waals surface area contributed by atoms with Crippen molar-refractivity contribution >= 4 is 17.2 Å². The Morgan fingerprint density at radius 1 is 1.07 bits per heavy atom. The van der Waals surface area contributed by atoms with Gasteiger partial charge in [-0.3, -0.25) is 9.59 Å². The van der Waals surface area contributed by atoms with Gasteiger partial charge >= 0.3 is 6.01 Å². The SMILES string of the molecule is C=CC(=O)CC1CCC(C(=O)Cc2cccc(CN)c2)CC1.CN1CCC(Oc2ncn3ncc(C4CC4)c3n2)CC1. The molecule has 1 saturated heterocycles. The van der Waals surface area contributed by atoms with E-state index in [-0.39, 0.29) is 17.8 Å². The number of carbonyl (C=O) groups excluding carboxylic acids is 2. The Morgan fingerprint density at radius 3 is 2.50 bits per heavy atom. The fraction of sp³-hybridized carbons (Fsp3) is 0.545. The average molecular weight is 573 g/mol. The van der Waals surface area contributed by atoms with Crippen LogP contribution in [0.2, 0.25) is 0 Å². The molecule has 3 aliphatic rings. The predicted octanol–water partition coefficient (Wildman–Crippen LogP) is 4.68. The minimum Gasteiger partial charge on any atom is -0.460 e. The number of ketones is 2. The molecule has 9 nitrogen and oxygen atoms in total. The molecule has 0 spiro atoms. The van der Waals surface area contributed by atoms with Crippen LogP contribution in [0.15, 0.2) is 49.4 Å².